The lowest BCUT2D eigenvalue weighted by atomic mass is 9.99. The fourth-order valence-electron chi connectivity index (χ4n) is 3.81. The number of likely N-dealkylation sites (tertiary alicyclic amines) is 1. The molecule has 8 nitrogen and oxygen atoms in total. The zero-order valence-corrected chi connectivity index (χ0v) is 18.7. The molecule has 0 saturated carbocycles. The molecule has 0 aliphatic carbocycles. The Morgan fingerprint density at radius 3 is 2.74 bits per heavy atom. The van der Waals surface area contributed by atoms with Gasteiger partial charge in [0.15, 0.2) is 18.2 Å². The van der Waals surface area contributed by atoms with Crippen molar-refractivity contribution in [3.05, 3.63) is 58.8 Å². The van der Waals surface area contributed by atoms with E-state index in [-0.39, 0.29) is 47.8 Å². The molecule has 178 valence electrons. The highest BCUT2D eigenvalue weighted by atomic mass is 19.1. The van der Waals surface area contributed by atoms with Crippen molar-refractivity contribution in [1.82, 2.24) is 10.2 Å². The highest BCUT2D eigenvalue weighted by molar-refractivity contribution is 6.09. The van der Waals surface area contributed by atoms with E-state index >= 15 is 0 Å². The number of hydrogen-bond donors (Lipinski definition) is 3. The van der Waals surface area contributed by atoms with E-state index < -0.39 is 17.5 Å². The van der Waals surface area contributed by atoms with Gasteiger partial charge in [-0.15, -0.1) is 0 Å². The molecule has 34 heavy (non-hydrogen) atoms. The fraction of sp³-hybridized carbons (Fsp3) is 0.292. The SMILES string of the molecule is CN/C(C)=C(\C=N)c1ccc(OCC2CN(C(=O)c3cc4c(cc3F)OCC(=O)N4)C2)c(F)c1. The van der Waals surface area contributed by atoms with Gasteiger partial charge in [0, 0.05) is 49.6 Å². The third kappa shape index (κ3) is 4.57. The van der Waals surface area contributed by atoms with Crippen molar-refractivity contribution >= 4 is 29.3 Å². The fourth-order valence-corrected chi connectivity index (χ4v) is 3.81. The van der Waals surface area contributed by atoms with Crippen LogP contribution in [0.15, 0.2) is 36.0 Å². The van der Waals surface area contributed by atoms with Gasteiger partial charge < -0.3 is 30.4 Å². The summed E-state index contributed by atoms with van der Waals surface area (Å²) in [5, 5.41) is 13.1. The molecule has 1 saturated heterocycles. The van der Waals surface area contributed by atoms with Crippen molar-refractivity contribution in [2.24, 2.45) is 5.92 Å². The van der Waals surface area contributed by atoms with Gasteiger partial charge >= 0.3 is 0 Å². The van der Waals surface area contributed by atoms with Crippen molar-refractivity contribution in [2.75, 3.05) is 38.7 Å². The summed E-state index contributed by atoms with van der Waals surface area (Å²) in [6.07, 6.45) is 1.16. The average molecular weight is 470 g/mol. The molecule has 1 fully saturated rings. The number of nitrogens with zero attached hydrogens (tertiary/aromatic N) is 1. The Kier molecular flexibility index (Phi) is 6.49. The van der Waals surface area contributed by atoms with Crippen molar-refractivity contribution in [3.8, 4) is 11.5 Å². The van der Waals surface area contributed by atoms with Crippen LogP contribution in [0, 0.1) is 23.0 Å². The molecule has 0 unspecified atom stereocenters. The molecule has 0 aromatic heterocycles. The summed E-state index contributed by atoms with van der Waals surface area (Å²) in [5.41, 5.74) is 1.97. The molecule has 2 aliphatic rings. The maximum Gasteiger partial charge on any atom is 0.262 e. The minimum atomic E-state index is -0.728. The lowest BCUT2D eigenvalue weighted by Crippen LogP contribution is -2.52. The summed E-state index contributed by atoms with van der Waals surface area (Å²) in [6, 6.07) is 6.87. The van der Waals surface area contributed by atoms with Crippen LogP contribution in [0.3, 0.4) is 0 Å². The number of hydrogen-bond acceptors (Lipinski definition) is 6. The third-order valence-electron chi connectivity index (χ3n) is 5.82. The number of halogens is 2. The molecule has 2 aromatic rings. The number of anilines is 1. The number of nitrogens with one attached hydrogen (secondary N) is 3. The van der Waals surface area contributed by atoms with Gasteiger partial charge in [0.2, 0.25) is 0 Å². The molecule has 4 rings (SSSR count). The summed E-state index contributed by atoms with van der Waals surface area (Å²) in [7, 11) is 1.73. The predicted octanol–water partition coefficient (Wildman–Crippen LogP) is 3.05. The molecular weight excluding hydrogens is 446 g/mol. The number of amides is 2. The minimum absolute atomic E-state index is 0.0321. The number of allylic oxidation sites excluding steroid dienone is 2. The molecule has 3 N–H and O–H groups in total. The first-order chi connectivity index (χ1) is 16.3. The monoisotopic (exact) mass is 470 g/mol. The molecule has 10 heteroatoms. The second-order valence-electron chi connectivity index (χ2n) is 8.13. The lowest BCUT2D eigenvalue weighted by molar-refractivity contribution is -0.118. The van der Waals surface area contributed by atoms with Crippen LogP contribution >= 0.6 is 0 Å². The number of carbonyl (C=O) groups excluding carboxylic acids is 2. The van der Waals surface area contributed by atoms with Gasteiger partial charge in [0.1, 0.15) is 11.6 Å². The molecule has 0 radical (unpaired) electrons. The maximum absolute atomic E-state index is 14.5. The van der Waals surface area contributed by atoms with E-state index in [0.717, 1.165) is 18.0 Å². The zero-order valence-electron chi connectivity index (χ0n) is 18.7. The van der Waals surface area contributed by atoms with E-state index in [9.17, 15) is 18.4 Å². The maximum atomic E-state index is 14.5. The van der Waals surface area contributed by atoms with Crippen LogP contribution in [0.5, 0.6) is 11.5 Å². The average Bonchev–Trinajstić information content (AvgIpc) is 2.79. The third-order valence-corrected chi connectivity index (χ3v) is 5.82. The van der Waals surface area contributed by atoms with Crippen LogP contribution in [-0.4, -0.2) is 56.3 Å². The second kappa shape index (κ2) is 9.50. The van der Waals surface area contributed by atoms with E-state index in [0.29, 0.717) is 24.2 Å². The summed E-state index contributed by atoms with van der Waals surface area (Å²) < 4.78 is 39.7. The van der Waals surface area contributed by atoms with Gasteiger partial charge in [0.25, 0.3) is 11.8 Å². The Hall–Kier alpha value is -3.95. The van der Waals surface area contributed by atoms with Crippen molar-refractivity contribution in [1.29, 1.82) is 5.41 Å². The molecule has 0 bridgehead atoms. The van der Waals surface area contributed by atoms with Crippen LogP contribution < -0.4 is 20.1 Å². The van der Waals surface area contributed by atoms with Gasteiger partial charge in [-0.05, 0) is 30.7 Å². The van der Waals surface area contributed by atoms with E-state index in [2.05, 4.69) is 10.6 Å². The summed E-state index contributed by atoms with van der Waals surface area (Å²) >= 11 is 0. The van der Waals surface area contributed by atoms with Gasteiger partial charge in [-0.3, -0.25) is 9.59 Å². The Morgan fingerprint density at radius 2 is 2.06 bits per heavy atom. The van der Waals surface area contributed by atoms with Crippen molar-refractivity contribution in [3.63, 3.8) is 0 Å². The largest absolute Gasteiger partial charge is 0.490 e. The Bertz CT molecular complexity index is 1190. The van der Waals surface area contributed by atoms with Crippen LogP contribution in [-0.2, 0) is 4.79 Å². The lowest BCUT2D eigenvalue weighted by Gasteiger charge is -2.39. The molecule has 2 aromatic carbocycles. The highest BCUT2D eigenvalue weighted by Gasteiger charge is 2.34. The van der Waals surface area contributed by atoms with E-state index in [1.54, 1.807) is 20.0 Å². The summed E-state index contributed by atoms with van der Waals surface area (Å²) in [6.45, 7) is 2.46. The highest BCUT2D eigenvalue weighted by Crippen LogP contribution is 2.32. The van der Waals surface area contributed by atoms with Crippen LogP contribution in [0.1, 0.15) is 22.8 Å². The molecule has 2 heterocycles. The normalized spacial score (nSPS) is 15.9. The van der Waals surface area contributed by atoms with Crippen molar-refractivity contribution < 1.29 is 27.8 Å². The Labute approximate surface area is 195 Å². The van der Waals surface area contributed by atoms with E-state index in [4.69, 9.17) is 14.9 Å². The number of ether oxygens (including phenoxy) is 2. The summed E-state index contributed by atoms with van der Waals surface area (Å²) in [5.74, 6) is -1.92. The molecule has 2 aliphatic heterocycles. The smallest absolute Gasteiger partial charge is 0.262 e. The van der Waals surface area contributed by atoms with Gasteiger partial charge in [-0.25, -0.2) is 8.78 Å². The van der Waals surface area contributed by atoms with Gasteiger partial charge in [-0.2, -0.15) is 0 Å². The van der Waals surface area contributed by atoms with Gasteiger partial charge in [-0.1, -0.05) is 6.07 Å². The number of benzene rings is 2. The van der Waals surface area contributed by atoms with Crippen molar-refractivity contribution in [2.45, 2.75) is 6.92 Å². The first-order valence-electron chi connectivity index (χ1n) is 10.7. The quantitative estimate of drug-likeness (QED) is 0.540. The second-order valence-corrected chi connectivity index (χ2v) is 8.13. The predicted molar refractivity (Wildman–Crippen MR) is 122 cm³/mol. The Balaban J connectivity index is 1.35. The molecule has 2 amide bonds. The van der Waals surface area contributed by atoms with Crippen LogP contribution in [0.2, 0.25) is 0 Å². The molecule has 0 atom stereocenters. The topological polar surface area (TPSA) is 104 Å². The molecular formula is C24H24F2N4O4. The van der Waals surface area contributed by atoms with Gasteiger partial charge in [0.05, 0.1) is 17.9 Å². The molecule has 0 spiro atoms. The standard InChI is InChI=1S/C24H24F2N4O4/c1-13(28-2)17(8-27)15-3-4-21(19(26)5-15)33-11-14-9-30(10-14)24(32)16-6-20-22(7-18(16)25)34-12-23(31)29-20/h3-8,14,27-28H,9-12H2,1-2H3,(H,29,31)/b17-13+,27-8?. The number of carbonyl (C=O) groups is 2. The Morgan fingerprint density at radius 1 is 1.29 bits per heavy atom. The van der Waals surface area contributed by atoms with E-state index in [1.165, 1.54) is 23.1 Å². The first kappa shape index (κ1) is 23.2. The van der Waals surface area contributed by atoms with Crippen LogP contribution in [0.4, 0.5) is 14.5 Å². The first-order valence-corrected chi connectivity index (χ1v) is 10.7. The zero-order chi connectivity index (χ0) is 24.4. The van der Waals surface area contributed by atoms with Crippen LogP contribution in [0.25, 0.3) is 5.57 Å². The number of rotatable bonds is 7. The van der Waals surface area contributed by atoms with E-state index in [1.807, 2.05) is 0 Å². The minimum Gasteiger partial charge on any atom is -0.490 e. The summed E-state index contributed by atoms with van der Waals surface area (Å²) in [4.78, 5) is 25.6. The number of fused-ring (bicyclic) bond motifs is 1.